The van der Waals surface area contributed by atoms with Crippen LogP contribution in [0.25, 0.3) is 0 Å². The molecule has 1 fully saturated rings. The molecule has 21 heavy (non-hydrogen) atoms. The lowest BCUT2D eigenvalue weighted by molar-refractivity contribution is -0.133. The van der Waals surface area contributed by atoms with Crippen LogP contribution in [-0.4, -0.2) is 29.9 Å². The number of rotatable bonds is 6. The Balaban J connectivity index is 0.00000220. The minimum atomic E-state index is -0.00524. The van der Waals surface area contributed by atoms with Crippen molar-refractivity contribution in [1.29, 1.82) is 0 Å². The second-order valence-electron chi connectivity index (χ2n) is 5.35. The minimum Gasteiger partial charge on any atom is -0.337 e. The zero-order valence-corrected chi connectivity index (χ0v) is 14.1. The van der Waals surface area contributed by atoms with Gasteiger partial charge in [-0.15, -0.1) is 12.4 Å². The third-order valence-corrected chi connectivity index (χ3v) is 4.14. The van der Waals surface area contributed by atoms with Gasteiger partial charge in [0.25, 0.3) is 0 Å². The monoisotopic (exact) mass is 330 g/mol. The molecule has 5 heteroatoms. The molecular formula is C16H24Cl2N2O. The summed E-state index contributed by atoms with van der Waals surface area (Å²) in [7, 11) is 0. The molecule has 1 aliphatic heterocycles. The summed E-state index contributed by atoms with van der Waals surface area (Å²) in [5, 5.41) is 4.03. The summed E-state index contributed by atoms with van der Waals surface area (Å²) in [6.45, 7) is 4.51. The third kappa shape index (κ3) is 5.17. The quantitative estimate of drug-likeness (QED) is 0.863. The number of hydrogen-bond acceptors (Lipinski definition) is 2. The average Bonchev–Trinajstić information content (AvgIpc) is 2.99. The summed E-state index contributed by atoms with van der Waals surface area (Å²) in [6, 6.07) is 7.76. The molecule has 1 aromatic rings. The van der Waals surface area contributed by atoms with Crippen LogP contribution in [0.4, 0.5) is 0 Å². The Morgan fingerprint density at radius 3 is 2.81 bits per heavy atom. The Morgan fingerprint density at radius 1 is 1.43 bits per heavy atom. The molecule has 0 radical (unpaired) electrons. The van der Waals surface area contributed by atoms with Crippen LogP contribution in [0.3, 0.4) is 0 Å². The van der Waals surface area contributed by atoms with Crippen LogP contribution >= 0.6 is 24.0 Å². The topological polar surface area (TPSA) is 32.3 Å². The molecule has 0 aromatic heterocycles. The van der Waals surface area contributed by atoms with Crippen molar-refractivity contribution < 1.29 is 4.79 Å². The molecule has 0 spiro atoms. The van der Waals surface area contributed by atoms with Crippen molar-refractivity contribution in [1.82, 2.24) is 10.2 Å². The molecular weight excluding hydrogens is 307 g/mol. The molecule has 1 saturated heterocycles. The maximum atomic E-state index is 12.6. The molecule has 1 heterocycles. The molecule has 2 rings (SSSR count). The van der Waals surface area contributed by atoms with Crippen molar-refractivity contribution in [3.63, 3.8) is 0 Å². The van der Waals surface area contributed by atoms with Crippen LogP contribution < -0.4 is 5.32 Å². The van der Waals surface area contributed by atoms with E-state index in [0.29, 0.717) is 6.54 Å². The molecule has 0 aliphatic carbocycles. The van der Waals surface area contributed by atoms with E-state index in [1.807, 2.05) is 29.2 Å². The lowest BCUT2D eigenvalue weighted by Gasteiger charge is -2.26. The molecule has 0 saturated carbocycles. The summed E-state index contributed by atoms with van der Waals surface area (Å²) in [4.78, 5) is 14.5. The number of hydrogen-bond donors (Lipinski definition) is 1. The maximum absolute atomic E-state index is 12.6. The lowest BCUT2D eigenvalue weighted by atomic mass is 10.1. The zero-order chi connectivity index (χ0) is 14.4. The SMILES string of the molecule is CCCCN(Cc1ccccc1Cl)C(=O)C1CCCN1.Cl. The van der Waals surface area contributed by atoms with Crippen LogP contribution in [0.15, 0.2) is 24.3 Å². The Kier molecular flexibility index (Phi) is 8.09. The van der Waals surface area contributed by atoms with E-state index in [0.717, 1.165) is 49.4 Å². The van der Waals surface area contributed by atoms with E-state index >= 15 is 0 Å². The Hall–Kier alpha value is -0.770. The van der Waals surface area contributed by atoms with Crippen LogP contribution in [-0.2, 0) is 11.3 Å². The Bertz CT molecular complexity index is 448. The van der Waals surface area contributed by atoms with Gasteiger partial charge in [-0.25, -0.2) is 0 Å². The lowest BCUT2D eigenvalue weighted by Crippen LogP contribution is -2.43. The standard InChI is InChI=1S/C16H23ClN2O.ClH/c1-2-3-11-19(16(20)15-9-6-10-18-15)12-13-7-4-5-8-14(13)17;/h4-5,7-8,15,18H,2-3,6,9-12H2,1H3;1H. The first-order chi connectivity index (χ1) is 9.72. The van der Waals surface area contributed by atoms with E-state index in [4.69, 9.17) is 11.6 Å². The van der Waals surface area contributed by atoms with Crippen molar-refractivity contribution in [2.75, 3.05) is 13.1 Å². The first-order valence-electron chi connectivity index (χ1n) is 7.48. The summed E-state index contributed by atoms with van der Waals surface area (Å²) in [5.74, 6) is 0.218. The van der Waals surface area contributed by atoms with Gasteiger partial charge in [-0.05, 0) is 37.4 Å². The largest absolute Gasteiger partial charge is 0.337 e. The fourth-order valence-corrected chi connectivity index (χ4v) is 2.76. The van der Waals surface area contributed by atoms with Crippen LogP contribution in [0.1, 0.15) is 38.2 Å². The fourth-order valence-electron chi connectivity index (χ4n) is 2.56. The highest BCUT2D eigenvalue weighted by atomic mass is 35.5. The van der Waals surface area contributed by atoms with Crippen molar-refractivity contribution in [3.05, 3.63) is 34.9 Å². The first kappa shape index (κ1) is 18.3. The number of halogens is 2. The van der Waals surface area contributed by atoms with Gasteiger partial charge in [-0.3, -0.25) is 4.79 Å². The summed E-state index contributed by atoms with van der Waals surface area (Å²) < 4.78 is 0. The highest BCUT2D eigenvalue weighted by molar-refractivity contribution is 6.31. The van der Waals surface area contributed by atoms with E-state index in [2.05, 4.69) is 12.2 Å². The van der Waals surface area contributed by atoms with Gasteiger partial charge in [0, 0.05) is 18.1 Å². The molecule has 1 unspecified atom stereocenters. The summed E-state index contributed by atoms with van der Waals surface area (Å²) in [5.41, 5.74) is 1.02. The van der Waals surface area contributed by atoms with E-state index in [9.17, 15) is 4.79 Å². The number of carbonyl (C=O) groups is 1. The van der Waals surface area contributed by atoms with Crippen molar-refractivity contribution >= 4 is 29.9 Å². The number of amides is 1. The van der Waals surface area contributed by atoms with Gasteiger partial charge in [0.1, 0.15) is 0 Å². The second kappa shape index (κ2) is 9.29. The van der Waals surface area contributed by atoms with Gasteiger partial charge in [-0.1, -0.05) is 43.1 Å². The van der Waals surface area contributed by atoms with Crippen LogP contribution in [0.5, 0.6) is 0 Å². The highest BCUT2D eigenvalue weighted by Crippen LogP contribution is 2.19. The molecule has 0 bridgehead atoms. The third-order valence-electron chi connectivity index (χ3n) is 3.77. The van der Waals surface area contributed by atoms with Gasteiger partial charge in [-0.2, -0.15) is 0 Å². The number of nitrogens with zero attached hydrogens (tertiary/aromatic N) is 1. The van der Waals surface area contributed by atoms with E-state index in [1.54, 1.807) is 0 Å². The Morgan fingerprint density at radius 2 is 2.19 bits per heavy atom. The number of carbonyl (C=O) groups excluding carboxylic acids is 1. The van der Waals surface area contributed by atoms with Gasteiger partial charge in [0.05, 0.1) is 6.04 Å². The van der Waals surface area contributed by atoms with Crippen molar-refractivity contribution in [2.45, 2.75) is 45.2 Å². The summed E-state index contributed by atoms with van der Waals surface area (Å²) in [6.07, 6.45) is 4.15. The smallest absolute Gasteiger partial charge is 0.240 e. The fraction of sp³-hybridized carbons (Fsp3) is 0.562. The number of nitrogens with one attached hydrogen (secondary N) is 1. The Labute approximate surface area is 138 Å². The minimum absolute atomic E-state index is 0. The molecule has 1 aliphatic rings. The molecule has 1 aromatic carbocycles. The van der Waals surface area contributed by atoms with Gasteiger partial charge < -0.3 is 10.2 Å². The highest BCUT2D eigenvalue weighted by Gasteiger charge is 2.26. The second-order valence-corrected chi connectivity index (χ2v) is 5.76. The first-order valence-corrected chi connectivity index (χ1v) is 7.85. The van der Waals surface area contributed by atoms with Crippen LogP contribution in [0, 0.1) is 0 Å². The zero-order valence-electron chi connectivity index (χ0n) is 12.5. The predicted octanol–water partition coefficient (Wildman–Crippen LogP) is 3.64. The summed E-state index contributed by atoms with van der Waals surface area (Å²) >= 11 is 6.21. The number of unbranched alkanes of at least 4 members (excludes halogenated alkanes) is 1. The molecule has 1 N–H and O–H groups in total. The van der Waals surface area contributed by atoms with Gasteiger partial charge in [0.15, 0.2) is 0 Å². The maximum Gasteiger partial charge on any atom is 0.240 e. The van der Waals surface area contributed by atoms with Gasteiger partial charge in [0.2, 0.25) is 5.91 Å². The van der Waals surface area contributed by atoms with E-state index < -0.39 is 0 Å². The van der Waals surface area contributed by atoms with E-state index in [1.165, 1.54) is 0 Å². The van der Waals surface area contributed by atoms with Crippen molar-refractivity contribution in [3.8, 4) is 0 Å². The van der Waals surface area contributed by atoms with E-state index in [-0.39, 0.29) is 24.4 Å². The van der Waals surface area contributed by atoms with Crippen molar-refractivity contribution in [2.24, 2.45) is 0 Å². The number of benzene rings is 1. The molecule has 1 amide bonds. The average molecular weight is 331 g/mol. The van der Waals surface area contributed by atoms with Crippen LogP contribution in [0.2, 0.25) is 5.02 Å². The molecule has 118 valence electrons. The van der Waals surface area contributed by atoms with Gasteiger partial charge >= 0.3 is 0 Å². The molecule has 1 atom stereocenters. The normalized spacial score (nSPS) is 17.3. The molecule has 3 nitrogen and oxygen atoms in total. The predicted molar refractivity (Wildman–Crippen MR) is 90.0 cm³/mol.